The number of hydrogen-bond donors (Lipinski definition) is 0. The molecule has 0 N–H and O–H groups in total. The maximum absolute atomic E-state index is 6.77. The molecule has 2 aliphatic rings. The van der Waals surface area contributed by atoms with E-state index in [0.29, 0.717) is 0 Å². The van der Waals surface area contributed by atoms with Crippen LogP contribution in [-0.2, 0) is 24.7 Å². The summed E-state index contributed by atoms with van der Waals surface area (Å²) in [4.78, 5) is 0. The van der Waals surface area contributed by atoms with E-state index in [1.165, 1.54) is 63.2 Å². The summed E-state index contributed by atoms with van der Waals surface area (Å²) in [7, 11) is 0. The van der Waals surface area contributed by atoms with Crippen molar-refractivity contribution in [3.05, 3.63) is 182 Å². The fourth-order valence-corrected chi connectivity index (χ4v) is 26.7. The maximum atomic E-state index is 6.77. The average molecular weight is 896 g/mol. The van der Waals surface area contributed by atoms with Gasteiger partial charge in [0, 0.05) is 0 Å². The van der Waals surface area contributed by atoms with Crippen molar-refractivity contribution in [2.24, 2.45) is 11.3 Å². The second-order valence-corrected chi connectivity index (χ2v) is 30.0. The number of rotatable bonds is 9. The Kier molecular flexibility index (Phi) is 12.5. The molecular formula is C51H50Cl4Zr. The summed E-state index contributed by atoms with van der Waals surface area (Å²) in [6, 6.07) is 51.2. The van der Waals surface area contributed by atoms with Crippen molar-refractivity contribution in [1.29, 1.82) is 0 Å². The zero-order chi connectivity index (χ0) is 37.7. The summed E-state index contributed by atoms with van der Waals surface area (Å²) in [5.41, 5.74) is 11.8. The van der Waals surface area contributed by atoms with E-state index in [9.17, 15) is 0 Å². The molecule has 0 heterocycles. The van der Waals surface area contributed by atoms with E-state index >= 15 is 0 Å². The van der Waals surface area contributed by atoms with E-state index in [2.05, 4.69) is 179 Å². The van der Waals surface area contributed by atoms with Crippen LogP contribution >= 0.6 is 48.0 Å². The van der Waals surface area contributed by atoms with E-state index in [-0.39, 0.29) is 36.1 Å². The Morgan fingerprint density at radius 3 is 1.73 bits per heavy atom. The number of hydrogen-bond acceptors (Lipinski definition) is 0. The van der Waals surface area contributed by atoms with Gasteiger partial charge in [0.1, 0.15) is 0 Å². The SMILES string of the molecule is Cl.Cl.[CH2]=[Zr]([C]1=CC(C(C)(C)C)=CC1CCCC)([c]1ccc(Cl)cc1)([c]1ccc(Cl)cc1)[c]1c(-c2ccccc2)ccc2c1Cc1cc(-c3ccccc3)ccc1-2. The molecule has 0 amide bonds. The quantitative estimate of drug-likeness (QED) is 0.135. The van der Waals surface area contributed by atoms with Crippen LogP contribution in [0.5, 0.6) is 0 Å². The first-order valence-electron chi connectivity index (χ1n) is 19.4. The Bertz CT molecular complexity index is 2440. The molecular weight excluding hydrogens is 846 g/mol. The number of fused-ring (bicyclic) bond motifs is 3. The zero-order valence-electron chi connectivity index (χ0n) is 32.6. The van der Waals surface area contributed by atoms with Crippen LogP contribution in [0.1, 0.15) is 58.1 Å². The Labute approximate surface area is 357 Å². The molecule has 0 saturated heterocycles. The molecule has 0 nitrogen and oxygen atoms in total. The fourth-order valence-electron chi connectivity index (χ4n) is 9.47. The van der Waals surface area contributed by atoms with Gasteiger partial charge in [-0.05, 0) is 0 Å². The normalized spacial score (nSPS) is 14.9. The van der Waals surface area contributed by atoms with Gasteiger partial charge in [0.25, 0.3) is 0 Å². The summed E-state index contributed by atoms with van der Waals surface area (Å²) in [5.74, 6) is 0.251. The van der Waals surface area contributed by atoms with Crippen molar-refractivity contribution in [1.82, 2.24) is 0 Å². The monoisotopic (exact) mass is 892 g/mol. The topological polar surface area (TPSA) is 0 Å². The van der Waals surface area contributed by atoms with E-state index in [4.69, 9.17) is 27.4 Å². The van der Waals surface area contributed by atoms with Crippen molar-refractivity contribution >= 4 is 62.0 Å². The van der Waals surface area contributed by atoms with Gasteiger partial charge in [0.05, 0.1) is 0 Å². The van der Waals surface area contributed by atoms with Crippen LogP contribution in [0, 0.1) is 11.3 Å². The van der Waals surface area contributed by atoms with Gasteiger partial charge < -0.3 is 0 Å². The molecule has 6 aromatic carbocycles. The van der Waals surface area contributed by atoms with Gasteiger partial charge in [-0.3, -0.25) is 0 Å². The third-order valence-electron chi connectivity index (χ3n) is 12.2. The molecule has 56 heavy (non-hydrogen) atoms. The number of allylic oxidation sites excluding steroid dienone is 4. The van der Waals surface area contributed by atoms with E-state index in [1.807, 2.05) is 0 Å². The Morgan fingerprint density at radius 2 is 1.18 bits per heavy atom. The fraction of sp³-hybridized carbons (Fsp3) is 0.196. The van der Waals surface area contributed by atoms with Crippen molar-refractivity contribution in [3.63, 3.8) is 0 Å². The standard InChI is InChI=1S/C25H17.C13H21.2C6H4Cl.CH2.2ClH.Zr/c1-3-7-18(8-4-1)20-11-13-24-22(15-20)17-23-16-21(12-14-25(23)24)19-9-5-2-6-10-19;1-5-6-7-11-8-9-12(10-11)13(2,3)4;2*7-6-4-2-1-3-5-6;;;;/h1-15H,17H2;9-11H,5-7H2,1-4H3;2*2-5H;1H2;2*1H;. The number of unbranched alkanes of at least 4 members (excludes halogenated alkanes) is 1. The summed E-state index contributed by atoms with van der Waals surface area (Å²) in [5, 5.41) is 1.47. The second-order valence-electron chi connectivity index (χ2n) is 16.5. The Morgan fingerprint density at radius 1 is 0.643 bits per heavy atom. The van der Waals surface area contributed by atoms with Crippen molar-refractivity contribution in [2.45, 2.75) is 53.4 Å². The van der Waals surface area contributed by atoms with Crippen molar-refractivity contribution in [2.75, 3.05) is 0 Å². The van der Waals surface area contributed by atoms with Crippen LogP contribution in [0.2, 0.25) is 10.0 Å². The molecule has 2 aliphatic carbocycles. The molecule has 0 spiro atoms. The van der Waals surface area contributed by atoms with E-state index < -0.39 is 18.3 Å². The van der Waals surface area contributed by atoms with Crippen LogP contribution in [0.25, 0.3) is 33.4 Å². The van der Waals surface area contributed by atoms with Crippen molar-refractivity contribution in [3.8, 4) is 33.4 Å². The van der Waals surface area contributed by atoms with Gasteiger partial charge in [-0.2, -0.15) is 0 Å². The van der Waals surface area contributed by atoms with E-state index in [1.54, 1.807) is 0 Å². The molecule has 6 aromatic rings. The molecule has 0 saturated carbocycles. The van der Waals surface area contributed by atoms with E-state index in [0.717, 1.165) is 35.7 Å². The summed E-state index contributed by atoms with van der Waals surface area (Å²) in [6.07, 6.45) is 9.41. The van der Waals surface area contributed by atoms with Gasteiger partial charge in [-0.1, -0.05) is 0 Å². The molecule has 0 aliphatic heterocycles. The predicted octanol–water partition coefficient (Wildman–Crippen LogP) is 13.8. The van der Waals surface area contributed by atoms with Gasteiger partial charge in [0.2, 0.25) is 0 Å². The first-order chi connectivity index (χ1) is 26.0. The average Bonchev–Trinajstić information content (AvgIpc) is 3.80. The van der Waals surface area contributed by atoms with Crippen LogP contribution in [0.15, 0.2) is 161 Å². The first-order valence-corrected chi connectivity index (χ1v) is 26.8. The third-order valence-corrected chi connectivity index (χ3v) is 29.2. The first kappa shape index (κ1) is 42.3. The molecule has 5 heteroatoms. The van der Waals surface area contributed by atoms with Gasteiger partial charge in [-0.15, -0.1) is 24.8 Å². The molecule has 0 bridgehead atoms. The molecule has 286 valence electrons. The predicted molar refractivity (Wildman–Crippen MR) is 248 cm³/mol. The molecule has 0 radical (unpaired) electrons. The third kappa shape index (κ3) is 7.12. The second kappa shape index (κ2) is 16.5. The molecule has 1 atom stereocenters. The Balaban J connectivity index is 0.00000266. The van der Waals surface area contributed by atoms with Crippen LogP contribution < -0.4 is 9.81 Å². The summed E-state index contributed by atoms with van der Waals surface area (Å²) < 4.78 is 11.5. The Hall–Kier alpha value is -3.29. The molecule has 0 aromatic heterocycles. The van der Waals surface area contributed by atoms with Gasteiger partial charge in [0.15, 0.2) is 0 Å². The minimum atomic E-state index is -5.35. The number of halogens is 4. The summed E-state index contributed by atoms with van der Waals surface area (Å²) in [6.45, 7) is 9.36. The minimum absolute atomic E-state index is 0. The van der Waals surface area contributed by atoms with Gasteiger partial charge in [-0.25, -0.2) is 0 Å². The zero-order valence-corrected chi connectivity index (χ0v) is 38.2. The van der Waals surface area contributed by atoms with Crippen LogP contribution in [-0.4, -0.2) is 4.21 Å². The molecule has 0 fully saturated rings. The van der Waals surface area contributed by atoms with Crippen molar-refractivity contribution < 1.29 is 18.3 Å². The summed E-state index contributed by atoms with van der Waals surface area (Å²) >= 11 is 8.19. The van der Waals surface area contributed by atoms with Crippen LogP contribution in [0.3, 0.4) is 0 Å². The van der Waals surface area contributed by atoms with Crippen LogP contribution in [0.4, 0.5) is 0 Å². The van der Waals surface area contributed by atoms with Gasteiger partial charge >= 0.3 is 335 Å². The molecule has 8 rings (SSSR count). The molecule has 1 unspecified atom stereocenters. The number of benzene rings is 6.